The number of hydrogen-bond acceptors (Lipinski definition) is 3. The number of halogens is 1. The second-order valence-corrected chi connectivity index (χ2v) is 6.23. The molecule has 2 nitrogen and oxygen atoms in total. The Labute approximate surface area is 107 Å². The number of benzene rings is 1. The van der Waals surface area contributed by atoms with Gasteiger partial charge < -0.3 is 5.32 Å². The van der Waals surface area contributed by atoms with Gasteiger partial charge in [0.1, 0.15) is 0 Å². The number of nitrogens with zero attached hydrogens (tertiary/aromatic N) is 1. The van der Waals surface area contributed by atoms with E-state index < -0.39 is 0 Å². The van der Waals surface area contributed by atoms with E-state index in [1.54, 1.807) is 11.3 Å². The topological polar surface area (TPSA) is 24.9 Å². The van der Waals surface area contributed by atoms with Crippen LogP contribution in [0.2, 0.25) is 0 Å². The van der Waals surface area contributed by atoms with Gasteiger partial charge in [0.2, 0.25) is 0 Å². The molecule has 0 radical (unpaired) electrons. The maximum absolute atomic E-state index is 4.59. The van der Waals surface area contributed by atoms with E-state index in [-0.39, 0.29) is 0 Å². The molecule has 0 bridgehead atoms. The summed E-state index contributed by atoms with van der Waals surface area (Å²) < 4.78 is 2.36. The summed E-state index contributed by atoms with van der Waals surface area (Å²) in [6.45, 7) is 2.25. The zero-order valence-electron chi connectivity index (χ0n) is 9.03. The Kier molecular flexibility index (Phi) is 2.64. The quantitative estimate of drug-likeness (QED) is 0.915. The smallest absolute Gasteiger partial charge is 0.184 e. The number of fused-ring (bicyclic) bond motifs is 1. The Morgan fingerprint density at radius 2 is 2.44 bits per heavy atom. The molecule has 1 N–H and O–H groups in total. The average Bonchev–Trinajstić information content (AvgIpc) is 2.88. The molecule has 1 aromatic heterocycles. The summed E-state index contributed by atoms with van der Waals surface area (Å²) in [4.78, 5) is 4.59. The van der Waals surface area contributed by atoms with Crippen LogP contribution < -0.4 is 5.32 Å². The highest BCUT2D eigenvalue weighted by atomic mass is 79.9. The zero-order valence-corrected chi connectivity index (χ0v) is 11.4. The normalized spacial score (nSPS) is 23.6. The monoisotopic (exact) mass is 296 g/mol. The highest BCUT2D eigenvalue weighted by Gasteiger charge is 2.35. The van der Waals surface area contributed by atoms with Crippen molar-refractivity contribution in [1.82, 2.24) is 4.98 Å². The molecule has 0 amide bonds. The minimum absolute atomic E-state index is 0.661. The first-order valence-electron chi connectivity index (χ1n) is 5.59. The Hall–Kier alpha value is -0.610. The van der Waals surface area contributed by atoms with Crippen LogP contribution in [0.1, 0.15) is 19.8 Å². The van der Waals surface area contributed by atoms with E-state index in [0.29, 0.717) is 6.04 Å². The molecule has 0 aliphatic heterocycles. The minimum Gasteiger partial charge on any atom is -0.358 e. The standard InChI is InChI=1S/C12H13BrN2S/c1-2-7-5-10(7)15-12-14-9-4-3-8(13)6-11(9)16-12/h3-4,6-7,10H,2,5H2,1H3,(H,14,15). The maximum Gasteiger partial charge on any atom is 0.184 e. The fourth-order valence-corrected chi connectivity index (χ4v) is 3.47. The SMILES string of the molecule is CCC1CC1Nc1nc2ccc(Br)cc2s1. The van der Waals surface area contributed by atoms with E-state index in [1.165, 1.54) is 17.5 Å². The van der Waals surface area contributed by atoms with Crippen LogP contribution in [0.3, 0.4) is 0 Å². The lowest BCUT2D eigenvalue weighted by molar-refractivity contribution is 0.774. The van der Waals surface area contributed by atoms with Crippen molar-refractivity contribution in [2.45, 2.75) is 25.8 Å². The third kappa shape index (κ3) is 1.96. The largest absolute Gasteiger partial charge is 0.358 e. The van der Waals surface area contributed by atoms with Crippen molar-refractivity contribution in [3.8, 4) is 0 Å². The molecule has 2 aromatic rings. The second kappa shape index (κ2) is 4.00. The lowest BCUT2D eigenvalue weighted by atomic mass is 10.3. The van der Waals surface area contributed by atoms with Gasteiger partial charge in [0.25, 0.3) is 0 Å². The predicted octanol–water partition coefficient (Wildman–Crippen LogP) is 4.27. The maximum atomic E-state index is 4.59. The van der Waals surface area contributed by atoms with Crippen molar-refractivity contribution in [3.63, 3.8) is 0 Å². The molecule has 0 saturated heterocycles. The molecule has 0 spiro atoms. The summed E-state index contributed by atoms with van der Waals surface area (Å²) in [6.07, 6.45) is 2.57. The summed E-state index contributed by atoms with van der Waals surface area (Å²) in [5, 5.41) is 4.58. The van der Waals surface area contributed by atoms with Gasteiger partial charge >= 0.3 is 0 Å². The van der Waals surface area contributed by atoms with E-state index in [1.807, 2.05) is 6.07 Å². The fourth-order valence-electron chi connectivity index (χ4n) is 1.99. The fraction of sp³-hybridized carbons (Fsp3) is 0.417. The first kappa shape index (κ1) is 10.5. The molecule has 84 valence electrons. The molecule has 1 aliphatic carbocycles. The van der Waals surface area contributed by atoms with Crippen LogP contribution >= 0.6 is 27.3 Å². The van der Waals surface area contributed by atoms with E-state index in [2.05, 4.69) is 45.3 Å². The van der Waals surface area contributed by atoms with Crippen LogP contribution in [-0.4, -0.2) is 11.0 Å². The van der Waals surface area contributed by atoms with E-state index in [0.717, 1.165) is 21.0 Å². The van der Waals surface area contributed by atoms with Gasteiger partial charge in [0.15, 0.2) is 5.13 Å². The average molecular weight is 297 g/mol. The van der Waals surface area contributed by atoms with Crippen molar-refractivity contribution in [3.05, 3.63) is 22.7 Å². The number of aromatic nitrogens is 1. The molecule has 2 atom stereocenters. The van der Waals surface area contributed by atoms with E-state index in [4.69, 9.17) is 0 Å². The first-order valence-corrected chi connectivity index (χ1v) is 7.20. The second-order valence-electron chi connectivity index (χ2n) is 4.29. The summed E-state index contributed by atoms with van der Waals surface area (Å²) in [7, 11) is 0. The molecule has 3 rings (SSSR count). The Morgan fingerprint density at radius 1 is 1.56 bits per heavy atom. The van der Waals surface area contributed by atoms with Crippen LogP contribution in [0, 0.1) is 5.92 Å². The number of hydrogen-bond donors (Lipinski definition) is 1. The van der Waals surface area contributed by atoms with Gasteiger partial charge in [0, 0.05) is 10.5 Å². The summed E-state index contributed by atoms with van der Waals surface area (Å²) >= 11 is 5.22. The van der Waals surface area contributed by atoms with Gasteiger partial charge in [-0.05, 0) is 30.5 Å². The van der Waals surface area contributed by atoms with Crippen molar-refractivity contribution in [2.75, 3.05) is 5.32 Å². The summed E-state index contributed by atoms with van der Waals surface area (Å²) in [5.74, 6) is 0.860. The zero-order chi connectivity index (χ0) is 11.1. The van der Waals surface area contributed by atoms with Crippen molar-refractivity contribution >= 4 is 42.6 Å². The lowest BCUT2D eigenvalue weighted by Crippen LogP contribution is -2.03. The molecule has 2 unspecified atom stereocenters. The molecule has 1 aromatic carbocycles. The lowest BCUT2D eigenvalue weighted by Gasteiger charge is -1.98. The minimum atomic E-state index is 0.661. The van der Waals surface area contributed by atoms with E-state index >= 15 is 0 Å². The number of nitrogens with one attached hydrogen (secondary N) is 1. The third-order valence-electron chi connectivity index (χ3n) is 3.11. The molecule has 16 heavy (non-hydrogen) atoms. The van der Waals surface area contributed by atoms with Gasteiger partial charge in [-0.3, -0.25) is 0 Å². The van der Waals surface area contributed by atoms with Gasteiger partial charge in [0.05, 0.1) is 10.2 Å². The van der Waals surface area contributed by atoms with Crippen molar-refractivity contribution in [1.29, 1.82) is 0 Å². The first-order chi connectivity index (χ1) is 7.76. The van der Waals surface area contributed by atoms with Crippen LogP contribution in [0.5, 0.6) is 0 Å². The van der Waals surface area contributed by atoms with Crippen molar-refractivity contribution in [2.24, 2.45) is 5.92 Å². The highest BCUT2D eigenvalue weighted by molar-refractivity contribution is 9.10. The highest BCUT2D eigenvalue weighted by Crippen LogP contribution is 2.38. The molecule has 4 heteroatoms. The van der Waals surface area contributed by atoms with Gasteiger partial charge in [-0.2, -0.15) is 0 Å². The molecule has 1 aliphatic rings. The third-order valence-corrected chi connectivity index (χ3v) is 4.55. The molecular weight excluding hydrogens is 284 g/mol. The summed E-state index contributed by atoms with van der Waals surface area (Å²) in [5.41, 5.74) is 1.09. The molecule has 1 heterocycles. The Morgan fingerprint density at radius 3 is 3.19 bits per heavy atom. The molecule has 1 saturated carbocycles. The molecular formula is C12H13BrN2S. The van der Waals surface area contributed by atoms with Crippen molar-refractivity contribution < 1.29 is 0 Å². The van der Waals surface area contributed by atoms with Crippen LogP contribution in [0.15, 0.2) is 22.7 Å². The van der Waals surface area contributed by atoms with Crippen LogP contribution in [-0.2, 0) is 0 Å². The Balaban J connectivity index is 1.83. The van der Waals surface area contributed by atoms with Crippen LogP contribution in [0.25, 0.3) is 10.2 Å². The van der Waals surface area contributed by atoms with Gasteiger partial charge in [-0.25, -0.2) is 4.98 Å². The predicted molar refractivity (Wildman–Crippen MR) is 73.1 cm³/mol. The number of anilines is 1. The van der Waals surface area contributed by atoms with Gasteiger partial charge in [-0.15, -0.1) is 0 Å². The number of rotatable bonds is 3. The Bertz CT molecular complexity index is 523. The van der Waals surface area contributed by atoms with Gasteiger partial charge in [-0.1, -0.05) is 40.6 Å². The number of thiazole rings is 1. The van der Waals surface area contributed by atoms with E-state index in [9.17, 15) is 0 Å². The summed E-state index contributed by atoms with van der Waals surface area (Å²) in [6, 6.07) is 6.89. The molecule has 1 fully saturated rings. The van der Waals surface area contributed by atoms with Crippen LogP contribution in [0.4, 0.5) is 5.13 Å².